The minimum Gasteiger partial charge on any atom is -0.291 e. The van der Waals surface area contributed by atoms with Gasteiger partial charge in [-0.3, -0.25) is 14.6 Å². The minimum absolute atomic E-state index is 0.116. The Bertz CT molecular complexity index is 197. The molecule has 0 aliphatic rings. The Morgan fingerprint density at radius 2 is 2.57 bits per heavy atom. The zero-order valence-electron chi connectivity index (χ0n) is 3.72. The summed E-state index contributed by atoms with van der Waals surface area (Å²) in [7, 11) is 3.40. The van der Waals surface area contributed by atoms with Gasteiger partial charge in [0.25, 0.3) is 5.56 Å². The molecular formula is C4H5N2O. The van der Waals surface area contributed by atoms with Gasteiger partial charge in [0.1, 0.15) is 0 Å². The number of nitrogens with one attached hydrogen (secondary N) is 1. The SMILES string of the molecule is [CH2]n1ccc(=O)[nH]1. The van der Waals surface area contributed by atoms with Gasteiger partial charge in [-0.2, -0.15) is 0 Å². The van der Waals surface area contributed by atoms with Crippen LogP contribution in [0.25, 0.3) is 0 Å². The lowest BCUT2D eigenvalue weighted by Gasteiger charge is -1.79. The van der Waals surface area contributed by atoms with Gasteiger partial charge in [-0.15, -0.1) is 0 Å². The predicted octanol–water partition coefficient (Wildman–Crippen LogP) is -0.184. The molecule has 0 bridgehead atoms. The normalized spacial score (nSPS) is 9.29. The molecule has 0 aromatic carbocycles. The molecule has 0 amide bonds. The van der Waals surface area contributed by atoms with Crippen molar-refractivity contribution in [3.63, 3.8) is 0 Å². The molecule has 37 valence electrons. The zero-order valence-corrected chi connectivity index (χ0v) is 3.72. The Morgan fingerprint density at radius 1 is 1.86 bits per heavy atom. The second-order valence-corrected chi connectivity index (χ2v) is 1.26. The van der Waals surface area contributed by atoms with Gasteiger partial charge < -0.3 is 0 Å². The van der Waals surface area contributed by atoms with Crippen molar-refractivity contribution >= 4 is 0 Å². The van der Waals surface area contributed by atoms with E-state index in [4.69, 9.17) is 0 Å². The summed E-state index contributed by atoms with van der Waals surface area (Å²) in [6.45, 7) is 0. The monoisotopic (exact) mass is 97.0 g/mol. The number of nitrogens with zero attached hydrogens (tertiary/aromatic N) is 1. The zero-order chi connectivity index (χ0) is 5.28. The van der Waals surface area contributed by atoms with Crippen LogP contribution in [-0.4, -0.2) is 9.78 Å². The van der Waals surface area contributed by atoms with Gasteiger partial charge in [-0.1, -0.05) is 0 Å². The molecule has 0 atom stereocenters. The van der Waals surface area contributed by atoms with Gasteiger partial charge in [0.05, 0.1) is 7.05 Å². The first-order valence-corrected chi connectivity index (χ1v) is 1.87. The molecule has 1 radical (unpaired) electrons. The van der Waals surface area contributed by atoms with Crippen molar-refractivity contribution < 1.29 is 0 Å². The van der Waals surface area contributed by atoms with Gasteiger partial charge in [0, 0.05) is 12.3 Å². The highest BCUT2D eigenvalue weighted by molar-refractivity contribution is 4.79. The first-order valence-electron chi connectivity index (χ1n) is 1.87. The molecule has 0 saturated carbocycles. The third-order valence-electron chi connectivity index (χ3n) is 0.660. The number of rotatable bonds is 0. The summed E-state index contributed by atoms with van der Waals surface area (Å²) in [5, 5.41) is 2.39. The highest BCUT2D eigenvalue weighted by atomic mass is 16.1. The summed E-state index contributed by atoms with van der Waals surface area (Å²) in [6.07, 6.45) is 1.56. The van der Waals surface area contributed by atoms with E-state index in [1.807, 2.05) is 0 Å². The van der Waals surface area contributed by atoms with Gasteiger partial charge >= 0.3 is 0 Å². The molecule has 0 unspecified atom stereocenters. The summed E-state index contributed by atoms with van der Waals surface area (Å²) < 4.78 is 1.35. The number of aromatic amines is 1. The first kappa shape index (κ1) is 4.18. The van der Waals surface area contributed by atoms with Crippen molar-refractivity contribution in [2.75, 3.05) is 0 Å². The maximum Gasteiger partial charge on any atom is 0.264 e. The minimum atomic E-state index is -0.116. The molecule has 0 fully saturated rings. The quantitative estimate of drug-likeness (QED) is 0.479. The fraction of sp³-hybridized carbons (Fsp3) is 0. The van der Waals surface area contributed by atoms with E-state index in [1.54, 1.807) is 6.20 Å². The van der Waals surface area contributed by atoms with E-state index >= 15 is 0 Å². The van der Waals surface area contributed by atoms with Gasteiger partial charge in [0.2, 0.25) is 0 Å². The third-order valence-corrected chi connectivity index (χ3v) is 0.660. The lowest BCUT2D eigenvalue weighted by atomic mass is 10.7. The van der Waals surface area contributed by atoms with Crippen molar-refractivity contribution in [3.8, 4) is 0 Å². The van der Waals surface area contributed by atoms with Crippen molar-refractivity contribution in [1.82, 2.24) is 9.78 Å². The first-order chi connectivity index (χ1) is 3.29. The highest BCUT2D eigenvalue weighted by Gasteiger charge is 1.78. The fourth-order valence-corrected chi connectivity index (χ4v) is 0.374. The summed E-state index contributed by atoms with van der Waals surface area (Å²) in [5.74, 6) is 0. The van der Waals surface area contributed by atoms with E-state index in [9.17, 15) is 4.79 Å². The molecule has 1 aromatic heterocycles. The molecule has 0 aliphatic carbocycles. The topological polar surface area (TPSA) is 37.8 Å². The molecule has 7 heavy (non-hydrogen) atoms. The smallest absolute Gasteiger partial charge is 0.264 e. The maximum absolute atomic E-state index is 10.2. The Balaban J connectivity index is 3.30. The second kappa shape index (κ2) is 1.26. The lowest BCUT2D eigenvalue weighted by Crippen LogP contribution is -1.98. The predicted molar refractivity (Wildman–Crippen MR) is 25.8 cm³/mol. The Labute approximate surface area is 40.6 Å². The molecular weight excluding hydrogens is 92.1 g/mol. The van der Waals surface area contributed by atoms with Crippen LogP contribution in [0, 0.1) is 7.05 Å². The summed E-state index contributed by atoms with van der Waals surface area (Å²) in [4.78, 5) is 10.2. The van der Waals surface area contributed by atoms with Crippen LogP contribution < -0.4 is 5.56 Å². The standard InChI is InChI=1S/C4H5N2O/c1-6-3-2-4(7)5-6/h2-3H,1H2,(H,5,7). The summed E-state index contributed by atoms with van der Waals surface area (Å²) >= 11 is 0. The second-order valence-electron chi connectivity index (χ2n) is 1.26. The van der Waals surface area contributed by atoms with Crippen LogP contribution in [0.5, 0.6) is 0 Å². The van der Waals surface area contributed by atoms with Crippen molar-refractivity contribution in [3.05, 3.63) is 29.7 Å². The van der Waals surface area contributed by atoms with Crippen molar-refractivity contribution in [2.24, 2.45) is 0 Å². The van der Waals surface area contributed by atoms with E-state index < -0.39 is 0 Å². The van der Waals surface area contributed by atoms with Crippen LogP contribution in [0.4, 0.5) is 0 Å². The Hall–Kier alpha value is -0.990. The van der Waals surface area contributed by atoms with Gasteiger partial charge in [-0.05, 0) is 0 Å². The van der Waals surface area contributed by atoms with Crippen LogP contribution >= 0.6 is 0 Å². The van der Waals surface area contributed by atoms with Crippen LogP contribution in [0.15, 0.2) is 17.1 Å². The van der Waals surface area contributed by atoms with Crippen molar-refractivity contribution in [2.45, 2.75) is 0 Å². The molecule has 3 nitrogen and oxygen atoms in total. The molecule has 1 aromatic rings. The van der Waals surface area contributed by atoms with E-state index in [0.29, 0.717) is 0 Å². The van der Waals surface area contributed by atoms with Gasteiger partial charge in [0.15, 0.2) is 0 Å². The average Bonchev–Trinajstić information content (AvgIpc) is 1.87. The fourth-order valence-electron chi connectivity index (χ4n) is 0.374. The van der Waals surface area contributed by atoms with E-state index in [-0.39, 0.29) is 5.56 Å². The number of hydrogen-bond acceptors (Lipinski definition) is 1. The third kappa shape index (κ3) is 0.707. The number of H-pyrrole nitrogens is 1. The highest BCUT2D eigenvalue weighted by Crippen LogP contribution is 1.67. The number of aromatic nitrogens is 2. The molecule has 0 saturated heterocycles. The molecule has 1 rings (SSSR count). The average molecular weight is 97.1 g/mol. The molecule has 0 aliphatic heterocycles. The van der Waals surface area contributed by atoms with Crippen LogP contribution in [0.1, 0.15) is 0 Å². The molecule has 3 heteroatoms. The maximum atomic E-state index is 10.2. The number of hydrogen-bond donors (Lipinski definition) is 1. The van der Waals surface area contributed by atoms with Crippen LogP contribution in [-0.2, 0) is 0 Å². The summed E-state index contributed by atoms with van der Waals surface area (Å²) in [6, 6.07) is 1.41. The van der Waals surface area contributed by atoms with E-state index in [1.165, 1.54) is 10.7 Å². The van der Waals surface area contributed by atoms with Crippen LogP contribution in [0.2, 0.25) is 0 Å². The Kier molecular flexibility index (Phi) is 0.749. The Morgan fingerprint density at radius 3 is 2.71 bits per heavy atom. The summed E-state index contributed by atoms with van der Waals surface area (Å²) in [5.41, 5.74) is -0.116. The molecule has 1 N–H and O–H groups in total. The van der Waals surface area contributed by atoms with E-state index in [2.05, 4.69) is 12.1 Å². The molecule has 1 heterocycles. The largest absolute Gasteiger partial charge is 0.291 e. The molecule has 0 spiro atoms. The van der Waals surface area contributed by atoms with Gasteiger partial charge in [-0.25, -0.2) is 0 Å². The van der Waals surface area contributed by atoms with E-state index in [0.717, 1.165) is 0 Å². The lowest BCUT2D eigenvalue weighted by molar-refractivity contribution is 0.861. The van der Waals surface area contributed by atoms with Crippen LogP contribution in [0.3, 0.4) is 0 Å². The van der Waals surface area contributed by atoms with Crippen molar-refractivity contribution in [1.29, 1.82) is 0 Å².